The molecule has 24 heavy (non-hydrogen) atoms. The van der Waals surface area contributed by atoms with Crippen LogP contribution in [0.25, 0.3) is 0 Å². The molecule has 2 N–H and O–H groups in total. The van der Waals surface area contributed by atoms with Crippen molar-refractivity contribution in [3.8, 4) is 0 Å². The number of anilines is 2. The number of hydrogen-bond donors (Lipinski definition) is 2. The van der Waals surface area contributed by atoms with Gasteiger partial charge in [-0.3, -0.25) is 4.79 Å². The highest BCUT2D eigenvalue weighted by atomic mass is 19.4. The summed E-state index contributed by atoms with van der Waals surface area (Å²) in [6, 6.07) is 11.3. The van der Waals surface area contributed by atoms with Gasteiger partial charge in [-0.15, -0.1) is 0 Å². The van der Waals surface area contributed by atoms with Crippen molar-refractivity contribution in [2.75, 3.05) is 17.2 Å². The van der Waals surface area contributed by atoms with Crippen LogP contribution in [-0.2, 0) is 6.18 Å². The molecule has 0 radical (unpaired) electrons. The Bertz CT molecular complexity index is 664. The predicted molar refractivity (Wildman–Crippen MR) is 89.2 cm³/mol. The molecule has 0 unspecified atom stereocenters. The number of hydrogen-bond acceptors (Lipinski definition) is 2. The van der Waals surface area contributed by atoms with Crippen LogP contribution in [0.2, 0.25) is 0 Å². The molecule has 0 bridgehead atoms. The van der Waals surface area contributed by atoms with Crippen molar-refractivity contribution in [3.63, 3.8) is 0 Å². The molecule has 1 amide bonds. The summed E-state index contributed by atoms with van der Waals surface area (Å²) in [6.45, 7) is 3.00. The number of alkyl halides is 3. The van der Waals surface area contributed by atoms with Crippen molar-refractivity contribution in [1.29, 1.82) is 0 Å². The van der Waals surface area contributed by atoms with E-state index in [2.05, 4.69) is 17.6 Å². The molecule has 2 aromatic rings. The highest BCUT2D eigenvalue weighted by molar-refractivity contribution is 6.04. The molecule has 0 fully saturated rings. The number of halogens is 3. The van der Waals surface area contributed by atoms with Gasteiger partial charge in [-0.1, -0.05) is 13.3 Å². The molecule has 0 spiro atoms. The highest BCUT2D eigenvalue weighted by Crippen LogP contribution is 2.29. The molecule has 0 saturated carbocycles. The Hall–Kier alpha value is -2.50. The third kappa shape index (κ3) is 5.01. The zero-order valence-electron chi connectivity index (χ0n) is 13.3. The fourth-order valence-corrected chi connectivity index (χ4v) is 2.09. The maximum absolute atomic E-state index is 12.5. The Balaban J connectivity index is 1.96. The van der Waals surface area contributed by atoms with E-state index in [-0.39, 0.29) is 5.56 Å². The molecule has 0 atom stereocenters. The number of benzene rings is 2. The van der Waals surface area contributed by atoms with Crippen LogP contribution < -0.4 is 10.6 Å². The number of unbranched alkanes of at least 4 members (excludes halogenated alkanes) is 1. The fraction of sp³-hybridized carbons (Fsp3) is 0.278. The normalized spacial score (nSPS) is 11.2. The zero-order valence-corrected chi connectivity index (χ0v) is 13.3. The lowest BCUT2D eigenvalue weighted by atomic mass is 10.1. The van der Waals surface area contributed by atoms with Gasteiger partial charge >= 0.3 is 6.18 Å². The van der Waals surface area contributed by atoms with Crippen LogP contribution in [0.5, 0.6) is 0 Å². The summed E-state index contributed by atoms with van der Waals surface area (Å²) in [7, 11) is 0. The van der Waals surface area contributed by atoms with Crippen molar-refractivity contribution < 1.29 is 18.0 Å². The lowest BCUT2D eigenvalue weighted by Gasteiger charge is -2.09. The van der Waals surface area contributed by atoms with E-state index in [9.17, 15) is 18.0 Å². The number of amides is 1. The van der Waals surface area contributed by atoms with Gasteiger partial charge in [-0.05, 0) is 55.0 Å². The molecule has 0 aliphatic rings. The van der Waals surface area contributed by atoms with E-state index in [0.717, 1.165) is 37.2 Å². The minimum atomic E-state index is -4.41. The van der Waals surface area contributed by atoms with Gasteiger partial charge in [0.2, 0.25) is 0 Å². The van der Waals surface area contributed by atoms with Crippen LogP contribution in [0, 0.1) is 0 Å². The second kappa shape index (κ2) is 7.86. The minimum Gasteiger partial charge on any atom is -0.385 e. The topological polar surface area (TPSA) is 41.1 Å². The molecule has 0 aromatic heterocycles. The van der Waals surface area contributed by atoms with Crippen molar-refractivity contribution in [2.45, 2.75) is 25.9 Å². The van der Waals surface area contributed by atoms with Gasteiger partial charge in [0.1, 0.15) is 0 Å². The van der Waals surface area contributed by atoms with Gasteiger partial charge in [0.15, 0.2) is 0 Å². The molecule has 2 aromatic carbocycles. The average molecular weight is 336 g/mol. The van der Waals surface area contributed by atoms with Crippen LogP contribution >= 0.6 is 0 Å². The summed E-state index contributed by atoms with van der Waals surface area (Å²) < 4.78 is 37.5. The Morgan fingerprint density at radius 3 is 2.08 bits per heavy atom. The third-order valence-corrected chi connectivity index (χ3v) is 3.48. The summed E-state index contributed by atoms with van der Waals surface area (Å²) in [6.07, 6.45) is -2.23. The van der Waals surface area contributed by atoms with E-state index in [1.165, 1.54) is 12.1 Å². The largest absolute Gasteiger partial charge is 0.416 e. The highest BCUT2D eigenvalue weighted by Gasteiger charge is 2.30. The Morgan fingerprint density at radius 2 is 1.54 bits per heavy atom. The number of nitrogens with one attached hydrogen (secondary N) is 2. The second-order valence-corrected chi connectivity index (χ2v) is 5.39. The molecule has 0 aliphatic heterocycles. The average Bonchev–Trinajstić information content (AvgIpc) is 2.56. The van der Waals surface area contributed by atoms with E-state index >= 15 is 0 Å². The van der Waals surface area contributed by atoms with E-state index in [0.29, 0.717) is 5.69 Å². The van der Waals surface area contributed by atoms with Crippen molar-refractivity contribution in [2.24, 2.45) is 0 Å². The molecule has 6 heteroatoms. The molecule has 128 valence electrons. The van der Waals surface area contributed by atoms with Gasteiger partial charge in [-0.2, -0.15) is 13.2 Å². The van der Waals surface area contributed by atoms with Crippen molar-refractivity contribution in [1.82, 2.24) is 0 Å². The summed E-state index contributed by atoms with van der Waals surface area (Å²) in [5, 5.41) is 5.92. The van der Waals surface area contributed by atoms with Crippen LogP contribution in [0.1, 0.15) is 35.7 Å². The number of rotatable bonds is 6. The molecule has 0 heterocycles. The van der Waals surface area contributed by atoms with Gasteiger partial charge in [0.25, 0.3) is 5.91 Å². The minimum absolute atomic E-state index is 0.174. The van der Waals surface area contributed by atoms with Crippen LogP contribution in [0.3, 0.4) is 0 Å². The van der Waals surface area contributed by atoms with Crippen LogP contribution in [-0.4, -0.2) is 12.5 Å². The third-order valence-electron chi connectivity index (χ3n) is 3.48. The molecular formula is C18H19F3N2O. The first-order chi connectivity index (χ1) is 11.4. The molecule has 3 nitrogen and oxygen atoms in total. The summed E-state index contributed by atoms with van der Waals surface area (Å²) in [5.41, 5.74) is 0.937. The lowest BCUT2D eigenvalue weighted by molar-refractivity contribution is -0.137. The second-order valence-electron chi connectivity index (χ2n) is 5.39. The molecule has 2 rings (SSSR count). The van der Waals surface area contributed by atoms with Gasteiger partial charge in [-0.25, -0.2) is 0 Å². The number of carbonyl (C=O) groups is 1. The SMILES string of the molecule is CCCCNc1ccc(NC(=O)c2ccc(C(F)(F)F)cc2)cc1. The quantitative estimate of drug-likeness (QED) is 0.715. The summed E-state index contributed by atoms with van der Waals surface area (Å²) in [5.74, 6) is -0.449. The van der Waals surface area contributed by atoms with Gasteiger partial charge in [0.05, 0.1) is 5.56 Å². The Kier molecular flexibility index (Phi) is 5.84. The molecular weight excluding hydrogens is 317 g/mol. The lowest BCUT2D eigenvalue weighted by Crippen LogP contribution is -2.13. The van der Waals surface area contributed by atoms with Crippen LogP contribution in [0.4, 0.5) is 24.5 Å². The predicted octanol–water partition coefficient (Wildman–Crippen LogP) is 5.17. The monoisotopic (exact) mass is 336 g/mol. The smallest absolute Gasteiger partial charge is 0.385 e. The van der Waals surface area contributed by atoms with Gasteiger partial charge < -0.3 is 10.6 Å². The molecule has 0 aliphatic carbocycles. The number of carbonyl (C=O) groups excluding carboxylic acids is 1. The Labute approximate surface area is 138 Å². The zero-order chi connectivity index (χ0) is 17.6. The maximum atomic E-state index is 12.5. The standard InChI is InChI=1S/C18H19F3N2O/c1-2-3-12-22-15-8-10-16(11-9-15)23-17(24)13-4-6-14(7-5-13)18(19,20)21/h4-11,22H,2-3,12H2,1H3,(H,23,24). The van der Waals surface area contributed by atoms with Gasteiger partial charge in [0, 0.05) is 23.5 Å². The van der Waals surface area contributed by atoms with Crippen molar-refractivity contribution in [3.05, 3.63) is 59.7 Å². The Morgan fingerprint density at radius 1 is 0.958 bits per heavy atom. The first-order valence-electron chi connectivity index (χ1n) is 7.72. The van der Waals surface area contributed by atoms with E-state index < -0.39 is 17.6 Å². The first kappa shape index (κ1) is 17.8. The summed E-state index contributed by atoms with van der Waals surface area (Å²) in [4.78, 5) is 12.1. The van der Waals surface area contributed by atoms with E-state index in [1.807, 2.05) is 12.1 Å². The van der Waals surface area contributed by atoms with Crippen molar-refractivity contribution >= 4 is 17.3 Å². The fourth-order valence-electron chi connectivity index (χ4n) is 2.09. The molecule has 0 saturated heterocycles. The first-order valence-corrected chi connectivity index (χ1v) is 7.72. The van der Waals surface area contributed by atoms with Crippen LogP contribution in [0.15, 0.2) is 48.5 Å². The maximum Gasteiger partial charge on any atom is 0.416 e. The summed E-state index contributed by atoms with van der Waals surface area (Å²) >= 11 is 0. The van der Waals surface area contributed by atoms with E-state index in [4.69, 9.17) is 0 Å². The van der Waals surface area contributed by atoms with E-state index in [1.54, 1.807) is 12.1 Å².